The van der Waals surface area contributed by atoms with Crippen LogP contribution in [-0.4, -0.2) is 29.5 Å². The first-order valence-corrected chi connectivity index (χ1v) is 5.96. The molecule has 0 spiro atoms. The van der Waals surface area contributed by atoms with Crippen molar-refractivity contribution in [2.45, 2.75) is 38.3 Å². The monoisotopic (exact) mass is 202 g/mol. The fourth-order valence-corrected chi connectivity index (χ4v) is 2.53. The Balaban J connectivity index is 2.18. The smallest absolute Gasteiger partial charge is 0.221 e. The highest BCUT2D eigenvalue weighted by Crippen LogP contribution is 2.16. The third-order valence-corrected chi connectivity index (χ3v) is 3.14. The van der Waals surface area contributed by atoms with Crippen LogP contribution in [0.1, 0.15) is 26.2 Å². The lowest BCUT2D eigenvalue weighted by atomic mass is 10.1. The second-order valence-corrected chi connectivity index (χ2v) is 4.86. The van der Waals surface area contributed by atoms with Gasteiger partial charge in [0.05, 0.1) is 0 Å². The molecule has 0 saturated carbocycles. The molecule has 0 radical (unpaired) electrons. The lowest BCUT2D eigenvalue weighted by molar-refractivity contribution is -0.122. The van der Waals surface area contributed by atoms with E-state index in [0.717, 1.165) is 12.8 Å². The zero-order valence-corrected chi connectivity index (χ0v) is 8.90. The normalized spacial score (nSPS) is 21.1. The predicted molar refractivity (Wildman–Crippen MR) is 56.8 cm³/mol. The topological polar surface area (TPSA) is 55.1 Å². The molecule has 0 aliphatic carbocycles. The third kappa shape index (κ3) is 4.52. The number of rotatable bonds is 3. The molecule has 0 aromatic rings. The summed E-state index contributed by atoms with van der Waals surface area (Å²) >= 11 is 1.96. The summed E-state index contributed by atoms with van der Waals surface area (Å²) in [6, 6.07) is 0.366. The van der Waals surface area contributed by atoms with Crippen LogP contribution >= 0.6 is 11.8 Å². The van der Waals surface area contributed by atoms with Crippen molar-refractivity contribution in [3.05, 3.63) is 0 Å². The first-order chi connectivity index (χ1) is 6.18. The highest BCUT2D eigenvalue weighted by atomic mass is 32.2. The summed E-state index contributed by atoms with van der Waals surface area (Å²) in [6.45, 7) is 1.86. The molecule has 4 heteroatoms. The fraction of sp³-hybridized carbons (Fsp3) is 0.889. The molecule has 1 aliphatic heterocycles. The maximum absolute atomic E-state index is 11.3. The van der Waals surface area contributed by atoms with Gasteiger partial charge >= 0.3 is 0 Å². The number of hydrogen-bond donors (Lipinski definition) is 2. The molecule has 1 amide bonds. The molecule has 0 bridgehead atoms. The third-order valence-electron chi connectivity index (χ3n) is 2.09. The Morgan fingerprint density at radius 3 is 2.77 bits per heavy atom. The molecule has 1 rings (SSSR count). The quantitative estimate of drug-likeness (QED) is 0.709. The number of amides is 1. The van der Waals surface area contributed by atoms with Crippen molar-refractivity contribution < 1.29 is 4.79 Å². The summed E-state index contributed by atoms with van der Waals surface area (Å²) in [4.78, 5) is 11.3. The first-order valence-electron chi connectivity index (χ1n) is 4.81. The van der Waals surface area contributed by atoms with E-state index in [2.05, 4.69) is 5.32 Å². The first kappa shape index (κ1) is 10.9. The van der Waals surface area contributed by atoms with Gasteiger partial charge in [-0.15, -0.1) is 0 Å². The fourth-order valence-electron chi connectivity index (χ4n) is 1.42. The Bertz CT molecular complexity index is 167. The molecule has 76 valence electrons. The molecule has 1 heterocycles. The van der Waals surface area contributed by atoms with Crippen LogP contribution in [0.2, 0.25) is 0 Å². The van der Waals surface area contributed by atoms with Gasteiger partial charge in [-0.1, -0.05) is 0 Å². The molecule has 13 heavy (non-hydrogen) atoms. The molecule has 3 N–H and O–H groups in total. The van der Waals surface area contributed by atoms with Crippen molar-refractivity contribution in [2.24, 2.45) is 5.73 Å². The van der Waals surface area contributed by atoms with E-state index in [0.29, 0.717) is 12.5 Å². The summed E-state index contributed by atoms with van der Waals surface area (Å²) in [7, 11) is 0. The van der Waals surface area contributed by atoms with Gasteiger partial charge in [0.15, 0.2) is 0 Å². The van der Waals surface area contributed by atoms with Crippen molar-refractivity contribution in [2.75, 3.05) is 11.5 Å². The van der Waals surface area contributed by atoms with Gasteiger partial charge in [-0.25, -0.2) is 0 Å². The number of carbonyl (C=O) groups excluding carboxylic acids is 1. The predicted octanol–water partition coefficient (Wildman–Crippen LogP) is 0.735. The molecule has 1 aliphatic rings. The van der Waals surface area contributed by atoms with E-state index >= 15 is 0 Å². The zero-order chi connectivity index (χ0) is 9.68. The Labute approximate surface area is 83.8 Å². The van der Waals surface area contributed by atoms with Crippen LogP contribution in [0.4, 0.5) is 0 Å². The van der Waals surface area contributed by atoms with E-state index in [1.54, 1.807) is 0 Å². The Hall–Kier alpha value is -0.220. The molecule has 1 saturated heterocycles. The number of carbonyl (C=O) groups is 1. The lowest BCUT2D eigenvalue weighted by Gasteiger charge is -2.22. The summed E-state index contributed by atoms with van der Waals surface area (Å²) < 4.78 is 0. The van der Waals surface area contributed by atoms with Crippen molar-refractivity contribution in [1.29, 1.82) is 0 Å². The summed E-state index contributed by atoms with van der Waals surface area (Å²) in [5.41, 5.74) is 5.53. The second kappa shape index (κ2) is 5.50. The maximum atomic E-state index is 11.3. The van der Waals surface area contributed by atoms with E-state index in [4.69, 9.17) is 5.73 Å². The molecule has 0 aromatic carbocycles. The van der Waals surface area contributed by atoms with E-state index in [1.807, 2.05) is 18.7 Å². The molecule has 3 nitrogen and oxygen atoms in total. The largest absolute Gasteiger partial charge is 0.353 e. The van der Waals surface area contributed by atoms with E-state index < -0.39 is 0 Å². The van der Waals surface area contributed by atoms with Gasteiger partial charge in [-0.05, 0) is 31.3 Å². The standard InChI is InChI=1S/C9H18N2OS/c1-7(10)6-9(12)11-8-2-4-13-5-3-8/h7-8H,2-6,10H2,1H3,(H,11,12). The Morgan fingerprint density at radius 1 is 1.62 bits per heavy atom. The Kier molecular flexibility index (Phi) is 4.59. The van der Waals surface area contributed by atoms with Crippen molar-refractivity contribution in [1.82, 2.24) is 5.32 Å². The van der Waals surface area contributed by atoms with Gasteiger partial charge < -0.3 is 11.1 Å². The van der Waals surface area contributed by atoms with Gasteiger partial charge in [0.2, 0.25) is 5.91 Å². The average molecular weight is 202 g/mol. The number of nitrogens with two attached hydrogens (primary N) is 1. The molecule has 0 aromatic heterocycles. The van der Waals surface area contributed by atoms with Crippen molar-refractivity contribution >= 4 is 17.7 Å². The molecule has 1 fully saturated rings. The Morgan fingerprint density at radius 2 is 2.23 bits per heavy atom. The van der Waals surface area contributed by atoms with Gasteiger partial charge in [0.1, 0.15) is 0 Å². The second-order valence-electron chi connectivity index (χ2n) is 3.64. The van der Waals surface area contributed by atoms with E-state index in [-0.39, 0.29) is 11.9 Å². The van der Waals surface area contributed by atoms with E-state index in [9.17, 15) is 4.79 Å². The van der Waals surface area contributed by atoms with E-state index in [1.165, 1.54) is 11.5 Å². The van der Waals surface area contributed by atoms with Gasteiger partial charge in [0.25, 0.3) is 0 Å². The molecular formula is C9H18N2OS. The minimum Gasteiger partial charge on any atom is -0.353 e. The molecule has 1 atom stereocenters. The van der Waals surface area contributed by atoms with Crippen molar-refractivity contribution in [3.8, 4) is 0 Å². The van der Waals surface area contributed by atoms with Crippen LogP contribution in [0.25, 0.3) is 0 Å². The van der Waals surface area contributed by atoms with Gasteiger partial charge in [0, 0.05) is 18.5 Å². The van der Waals surface area contributed by atoms with Crippen molar-refractivity contribution in [3.63, 3.8) is 0 Å². The van der Waals surface area contributed by atoms with Crippen LogP contribution in [0.15, 0.2) is 0 Å². The van der Waals surface area contributed by atoms with Crippen LogP contribution in [0.5, 0.6) is 0 Å². The minimum absolute atomic E-state index is 0.0297. The molecule has 1 unspecified atom stereocenters. The number of thioether (sulfide) groups is 1. The zero-order valence-electron chi connectivity index (χ0n) is 8.08. The van der Waals surface area contributed by atoms with Gasteiger partial charge in [-0.2, -0.15) is 11.8 Å². The highest BCUT2D eigenvalue weighted by Gasteiger charge is 2.16. The number of nitrogens with one attached hydrogen (secondary N) is 1. The van der Waals surface area contributed by atoms with Crippen LogP contribution < -0.4 is 11.1 Å². The van der Waals surface area contributed by atoms with Crippen LogP contribution in [-0.2, 0) is 4.79 Å². The lowest BCUT2D eigenvalue weighted by Crippen LogP contribution is -2.39. The summed E-state index contributed by atoms with van der Waals surface area (Å²) in [5, 5.41) is 3.02. The van der Waals surface area contributed by atoms with Crippen LogP contribution in [0.3, 0.4) is 0 Å². The average Bonchev–Trinajstić information content (AvgIpc) is 2.04. The number of hydrogen-bond acceptors (Lipinski definition) is 3. The highest BCUT2D eigenvalue weighted by molar-refractivity contribution is 7.99. The minimum atomic E-state index is -0.0297. The summed E-state index contributed by atoms with van der Waals surface area (Å²) in [6.07, 6.45) is 2.66. The SMILES string of the molecule is CC(N)CC(=O)NC1CCSCC1. The summed E-state index contributed by atoms with van der Waals surface area (Å²) in [5.74, 6) is 2.44. The van der Waals surface area contributed by atoms with Gasteiger partial charge in [-0.3, -0.25) is 4.79 Å². The maximum Gasteiger partial charge on any atom is 0.221 e. The van der Waals surface area contributed by atoms with Crippen LogP contribution in [0, 0.1) is 0 Å². The molecular weight excluding hydrogens is 184 g/mol.